The monoisotopic (exact) mass is 247 g/mol. The lowest BCUT2D eigenvalue weighted by atomic mass is 10.1. The van der Waals surface area contributed by atoms with Gasteiger partial charge in [0.2, 0.25) is 5.91 Å². The van der Waals surface area contributed by atoms with Crippen LogP contribution < -0.4 is 16.8 Å². The molecule has 2 atom stereocenters. The molecule has 7 N–H and O–H groups in total. The maximum Gasteiger partial charge on any atom is 0.326 e. The van der Waals surface area contributed by atoms with Gasteiger partial charge >= 0.3 is 11.9 Å². The lowest BCUT2D eigenvalue weighted by Gasteiger charge is -2.14. The molecule has 0 aliphatic carbocycles. The van der Waals surface area contributed by atoms with Crippen molar-refractivity contribution >= 4 is 17.8 Å². The Morgan fingerprint density at radius 2 is 1.76 bits per heavy atom. The fourth-order valence-electron chi connectivity index (χ4n) is 1.12. The molecule has 0 aromatic carbocycles. The van der Waals surface area contributed by atoms with Crippen LogP contribution >= 0.6 is 0 Å². The number of aliphatic carboxylic acids is 2. The average Bonchev–Trinajstić information content (AvgIpc) is 2.23. The molecule has 8 nitrogen and oxygen atoms in total. The van der Waals surface area contributed by atoms with Crippen molar-refractivity contribution in [3.05, 3.63) is 0 Å². The third-order valence-electron chi connectivity index (χ3n) is 2.05. The molecular formula is C9H17N3O5. The summed E-state index contributed by atoms with van der Waals surface area (Å²) in [6, 6.07) is -2.40. The smallest absolute Gasteiger partial charge is 0.326 e. The Bertz CT molecular complexity index is 294. The molecule has 0 aliphatic heterocycles. The fraction of sp³-hybridized carbons (Fsp3) is 0.667. The van der Waals surface area contributed by atoms with Crippen LogP contribution in [0.2, 0.25) is 0 Å². The number of carbonyl (C=O) groups excluding carboxylic acids is 1. The molecule has 0 fully saturated rings. The van der Waals surface area contributed by atoms with Crippen LogP contribution in [-0.2, 0) is 14.4 Å². The van der Waals surface area contributed by atoms with Crippen molar-refractivity contribution in [2.75, 3.05) is 6.54 Å². The van der Waals surface area contributed by atoms with Crippen LogP contribution in [0.15, 0.2) is 0 Å². The summed E-state index contributed by atoms with van der Waals surface area (Å²) in [7, 11) is 0. The van der Waals surface area contributed by atoms with Crippen molar-refractivity contribution in [2.45, 2.75) is 31.3 Å². The number of nitrogens with one attached hydrogen (secondary N) is 1. The highest BCUT2D eigenvalue weighted by Crippen LogP contribution is 1.98. The number of rotatable bonds is 8. The summed E-state index contributed by atoms with van der Waals surface area (Å²) >= 11 is 0. The summed E-state index contributed by atoms with van der Waals surface area (Å²) in [6.45, 7) is 0.314. The Hall–Kier alpha value is -1.67. The predicted molar refractivity (Wildman–Crippen MR) is 58.1 cm³/mol. The highest BCUT2D eigenvalue weighted by atomic mass is 16.4. The van der Waals surface area contributed by atoms with E-state index in [0.29, 0.717) is 13.0 Å². The van der Waals surface area contributed by atoms with Crippen molar-refractivity contribution in [3.63, 3.8) is 0 Å². The van der Waals surface area contributed by atoms with Crippen LogP contribution in [0.3, 0.4) is 0 Å². The van der Waals surface area contributed by atoms with E-state index in [1.165, 1.54) is 0 Å². The van der Waals surface area contributed by atoms with E-state index in [9.17, 15) is 14.4 Å². The maximum absolute atomic E-state index is 11.3. The number of carbonyl (C=O) groups is 3. The minimum Gasteiger partial charge on any atom is -0.480 e. The lowest BCUT2D eigenvalue weighted by Crippen LogP contribution is -2.44. The molecule has 0 saturated carbocycles. The van der Waals surface area contributed by atoms with Crippen molar-refractivity contribution in [3.8, 4) is 0 Å². The molecule has 0 heterocycles. The van der Waals surface area contributed by atoms with Crippen molar-refractivity contribution < 1.29 is 24.6 Å². The summed E-state index contributed by atoms with van der Waals surface area (Å²) in [5.41, 5.74) is 10.4. The molecule has 0 rings (SSSR count). The van der Waals surface area contributed by atoms with E-state index in [-0.39, 0.29) is 6.42 Å². The zero-order chi connectivity index (χ0) is 13.4. The molecule has 0 spiro atoms. The summed E-state index contributed by atoms with van der Waals surface area (Å²) in [5, 5.41) is 19.5. The zero-order valence-electron chi connectivity index (χ0n) is 9.26. The molecule has 0 aliphatic rings. The molecule has 0 aromatic heterocycles. The molecule has 0 radical (unpaired) electrons. The molecule has 98 valence electrons. The van der Waals surface area contributed by atoms with Gasteiger partial charge in [0.1, 0.15) is 12.1 Å². The van der Waals surface area contributed by atoms with Crippen molar-refractivity contribution in [1.82, 2.24) is 5.32 Å². The van der Waals surface area contributed by atoms with Gasteiger partial charge in [0, 0.05) is 0 Å². The van der Waals surface area contributed by atoms with Gasteiger partial charge in [-0.25, -0.2) is 4.79 Å². The van der Waals surface area contributed by atoms with E-state index in [1.54, 1.807) is 0 Å². The molecule has 0 aromatic rings. The van der Waals surface area contributed by atoms with E-state index in [2.05, 4.69) is 5.32 Å². The largest absolute Gasteiger partial charge is 0.480 e. The van der Waals surface area contributed by atoms with Crippen molar-refractivity contribution in [2.24, 2.45) is 11.5 Å². The zero-order valence-corrected chi connectivity index (χ0v) is 9.26. The van der Waals surface area contributed by atoms with Crippen LogP contribution in [0.1, 0.15) is 19.3 Å². The van der Waals surface area contributed by atoms with Gasteiger partial charge in [0.05, 0.1) is 6.42 Å². The summed E-state index contributed by atoms with van der Waals surface area (Å²) in [5.74, 6) is -3.20. The van der Waals surface area contributed by atoms with Gasteiger partial charge in [0.15, 0.2) is 0 Å². The minimum atomic E-state index is -1.33. The topological polar surface area (TPSA) is 156 Å². The normalized spacial score (nSPS) is 13.8. The van der Waals surface area contributed by atoms with Crippen LogP contribution in [0.25, 0.3) is 0 Å². The Morgan fingerprint density at radius 1 is 1.18 bits per heavy atom. The van der Waals surface area contributed by atoms with Gasteiger partial charge in [-0.3, -0.25) is 9.59 Å². The van der Waals surface area contributed by atoms with Gasteiger partial charge in [0.25, 0.3) is 0 Å². The Labute approximate surface area is 98.0 Å². The molecule has 0 unspecified atom stereocenters. The summed E-state index contributed by atoms with van der Waals surface area (Å²) < 4.78 is 0. The van der Waals surface area contributed by atoms with Gasteiger partial charge in [-0.15, -0.1) is 0 Å². The fourth-order valence-corrected chi connectivity index (χ4v) is 1.12. The van der Waals surface area contributed by atoms with Crippen LogP contribution in [-0.4, -0.2) is 46.7 Å². The summed E-state index contributed by atoms with van der Waals surface area (Å²) in [6.07, 6.45) is 0.184. The minimum absolute atomic E-state index is 0.194. The second kappa shape index (κ2) is 7.58. The Balaban J connectivity index is 4.21. The third-order valence-corrected chi connectivity index (χ3v) is 2.05. The van der Waals surface area contributed by atoms with E-state index in [4.69, 9.17) is 21.7 Å². The first-order valence-electron chi connectivity index (χ1n) is 5.09. The highest BCUT2D eigenvalue weighted by molar-refractivity contribution is 5.87. The van der Waals surface area contributed by atoms with E-state index in [0.717, 1.165) is 0 Å². The number of amides is 1. The highest BCUT2D eigenvalue weighted by Gasteiger charge is 2.22. The first-order valence-corrected chi connectivity index (χ1v) is 5.09. The van der Waals surface area contributed by atoms with E-state index in [1.807, 2.05) is 0 Å². The first-order chi connectivity index (χ1) is 7.88. The second-order valence-electron chi connectivity index (χ2n) is 3.54. The predicted octanol–water partition coefficient (Wildman–Crippen LogP) is -1.90. The number of nitrogens with two attached hydrogens (primary N) is 2. The quantitative estimate of drug-likeness (QED) is 0.335. The molecule has 17 heavy (non-hydrogen) atoms. The molecule has 1 amide bonds. The van der Waals surface area contributed by atoms with Crippen LogP contribution in [0.5, 0.6) is 0 Å². The number of carboxylic acids is 2. The molecular weight excluding hydrogens is 230 g/mol. The van der Waals surface area contributed by atoms with Crippen LogP contribution in [0.4, 0.5) is 0 Å². The summed E-state index contributed by atoms with van der Waals surface area (Å²) in [4.78, 5) is 32.4. The lowest BCUT2D eigenvalue weighted by molar-refractivity contribution is -0.143. The maximum atomic E-state index is 11.3. The van der Waals surface area contributed by atoms with Crippen molar-refractivity contribution in [1.29, 1.82) is 0 Å². The van der Waals surface area contributed by atoms with Gasteiger partial charge in [-0.1, -0.05) is 0 Å². The number of carboxylic acid groups (broad SMARTS) is 2. The Kier molecular flexibility index (Phi) is 6.83. The molecule has 0 saturated heterocycles. The average molecular weight is 247 g/mol. The molecule has 8 heteroatoms. The third kappa shape index (κ3) is 6.48. The number of hydrogen-bond acceptors (Lipinski definition) is 5. The number of hydrogen-bond donors (Lipinski definition) is 5. The molecule has 0 bridgehead atoms. The second-order valence-corrected chi connectivity index (χ2v) is 3.54. The van der Waals surface area contributed by atoms with Gasteiger partial charge < -0.3 is 27.0 Å². The van der Waals surface area contributed by atoms with Gasteiger partial charge in [-0.2, -0.15) is 0 Å². The Morgan fingerprint density at radius 3 is 2.18 bits per heavy atom. The van der Waals surface area contributed by atoms with Gasteiger partial charge in [-0.05, 0) is 19.4 Å². The van der Waals surface area contributed by atoms with E-state index >= 15 is 0 Å². The standard InChI is InChI=1S/C9H17N3O5/c10-3-1-2-6(9(16)17)12-7(13)4-5(11)8(14)15/h5-6H,1-4,10-11H2,(H,12,13)(H,14,15)(H,16,17)/t5-,6-/m0/s1. The van der Waals surface area contributed by atoms with E-state index < -0.39 is 36.4 Å². The SMILES string of the molecule is NCCC[C@H](NC(=O)C[C@H](N)C(=O)O)C(=O)O. The van der Waals surface area contributed by atoms with Crippen LogP contribution in [0, 0.1) is 0 Å². The first kappa shape index (κ1) is 15.3.